The fraction of sp³-hybridized carbons (Fsp3) is 0.438. The molecule has 2 aromatic rings. The normalized spacial score (nSPS) is 18.3. The Bertz CT molecular complexity index is 744. The van der Waals surface area contributed by atoms with Crippen molar-refractivity contribution >= 4 is 5.91 Å². The highest BCUT2D eigenvalue weighted by Gasteiger charge is 2.28. The molecule has 1 amide bonds. The monoisotopic (exact) mass is 320 g/mol. The van der Waals surface area contributed by atoms with Crippen molar-refractivity contribution in [2.45, 2.75) is 32.7 Å². The first-order valence-corrected chi connectivity index (χ1v) is 7.60. The van der Waals surface area contributed by atoms with Crippen LogP contribution in [0.3, 0.4) is 0 Å². The Labute approximate surface area is 132 Å². The van der Waals surface area contributed by atoms with Gasteiger partial charge in [0.1, 0.15) is 23.3 Å². The number of piperidine rings is 1. The van der Waals surface area contributed by atoms with Crippen LogP contribution in [0.1, 0.15) is 40.9 Å². The molecule has 5 nitrogen and oxygen atoms in total. The first-order chi connectivity index (χ1) is 11.0. The SMILES string of the molecule is Cc1nc(C)n(C2CCCN(C(=O)c3cc(F)ccc3F)C2)n1. The predicted octanol–water partition coefficient (Wildman–Crippen LogP) is 2.65. The minimum Gasteiger partial charge on any atom is -0.336 e. The second-order valence-corrected chi connectivity index (χ2v) is 5.82. The Morgan fingerprint density at radius 2 is 2.09 bits per heavy atom. The molecule has 122 valence electrons. The zero-order valence-electron chi connectivity index (χ0n) is 13.1. The average molecular weight is 320 g/mol. The van der Waals surface area contributed by atoms with E-state index in [0.29, 0.717) is 18.9 Å². The second-order valence-electron chi connectivity index (χ2n) is 5.82. The zero-order valence-corrected chi connectivity index (χ0v) is 13.1. The standard InChI is InChI=1S/C16H18F2N4O/c1-10-19-11(2)22(20-10)13-4-3-7-21(9-13)16(23)14-8-12(17)5-6-15(14)18/h5-6,8,13H,3-4,7,9H2,1-2H3. The highest BCUT2D eigenvalue weighted by molar-refractivity contribution is 5.94. The third kappa shape index (κ3) is 3.09. The molecule has 1 saturated heterocycles. The minimum atomic E-state index is -0.702. The van der Waals surface area contributed by atoms with Crippen molar-refractivity contribution in [3.63, 3.8) is 0 Å². The lowest BCUT2D eigenvalue weighted by molar-refractivity contribution is 0.0666. The lowest BCUT2D eigenvalue weighted by Crippen LogP contribution is -2.41. The summed E-state index contributed by atoms with van der Waals surface area (Å²) in [6.45, 7) is 4.63. The van der Waals surface area contributed by atoms with Crippen molar-refractivity contribution in [2.75, 3.05) is 13.1 Å². The molecule has 3 rings (SSSR count). The van der Waals surface area contributed by atoms with Gasteiger partial charge in [0.15, 0.2) is 0 Å². The van der Waals surface area contributed by atoms with E-state index in [4.69, 9.17) is 0 Å². The largest absolute Gasteiger partial charge is 0.336 e. The molecule has 1 unspecified atom stereocenters. The summed E-state index contributed by atoms with van der Waals surface area (Å²) >= 11 is 0. The molecule has 0 N–H and O–H groups in total. The van der Waals surface area contributed by atoms with Crippen LogP contribution in [0.2, 0.25) is 0 Å². The van der Waals surface area contributed by atoms with E-state index in [1.807, 2.05) is 18.5 Å². The molecule has 0 radical (unpaired) electrons. The van der Waals surface area contributed by atoms with E-state index in [-0.39, 0.29) is 11.6 Å². The van der Waals surface area contributed by atoms with Crippen LogP contribution in [-0.4, -0.2) is 38.7 Å². The van der Waals surface area contributed by atoms with Gasteiger partial charge in [-0.3, -0.25) is 4.79 Å². The van der Waals surface area contributed by atoms with E-state index in [1.165, 1.54) is 0 Å². The van der Waals surface area contributed by atoms with Gasteiger partial charge in [0, 0.05) is 13.1 Å². The van der Waals surface area contributed by atoms with Gasteiger partial charge in [-0.2, -0.15) is 5.10 Å². The Kier molecular flexibility index (Phi) is 4.11. The number of nitrogens with zero attached hydrogens (tertiary/aromatic N) is 4. The van der Waals surface area contributed by atoms with Gasteiger partial charge in [0.25, 0.3) is 5.91 Å². The van der Waals surface area contributed by atoms with Gasteiger partial charge in [-0.05, 0) is 44.9 Å². The van der Waals surface area contributed by atoms with Crippen molar-refractivity contribution in [1.82, 2.24) is 19.7 Å². The van der Waals surface area contributed by atoms with Gasteiger partial charge >= 0.3 is 0 Å². The number of hydrogen-bond acceptors (Lipinski definition) is 3. The van der Waals surface area contributed by atoms with E-state index in [9.17, 15) is 13.6 Å². The quantitative estimate of drug-likeness (QED) is 0.855. The predicted molar refractivity (Wildman–Crippen MR) is 80.0 cm³/mol. The molecule has 0 bridgehead atoms. The Morgan fingerprint density at radius 1 is 1.30 bits per heavy atom. The maximum absolute atomic E-state index is 13.8. The van der Waals surface area contributed by atoms with E-state index in [1.54, 1.807) is 4.90 Å². The van der Waals surface area contributed by atoms with Crippen molar-refractivity contribution in [3.8, 4) is 0 Å². The number of aromatic nitrogens is 3. The van der Waals surface area contributed by atoms with E-state index in [0.717, 1.165) is 36.9 Å². The fourth-order valence-electron chi connectivity index (χ4n) is 3.05. The molecule has 2 heterocycles. The molecule has 1 aliphatic rings. The van der Waals surface area contributed by atoms with Crippen molar-refractivity contribution in [3.05, 3.63) is 47.0 Å². The van der Waals surface area contributed by atoms with Crippen molar-refractivity contribution < 1.29 is 13.6 Å². The van der Waals surface area contributed by atoms with Crippen LogP contribution in [0.4, 0.5) is 8.78 Å². The number of hydrogen-bond donors (Lipinski definition) is 0. The van der Waals surface area contributed by atoms with Crippen molar-refractivity contribution in [1.29, 1.82) is 0 Å². The molecule has 0 aliphatic carbocycles. The maximum Gasteiger partial charge on any atom is 0.257 e. The summed E-state index contributed by atoms with van der Waals surface area (Å²) in [4.78, 5) is 18.4. The molecular formula is C16H18F2N4O. The highest BCUT2D eigenvalue weighted by Crippen LogP contribution is 2.24. The van der Waals surface area contributed by atoms with Crippen LogP contribution in [0.15, 0.2) is 18.2 Å². The molecule has 7 heteroatoms. The van der Waals surface area contributed by atoms with Gasteiger partial charge in [-0.25, -0.2) is 18.4 Å². The molecule has 1 fully saturated rings. The number of halogens is 2. The number of benzene rings is 1. The molecule has 1 aromatic heterocycles. The van der Waals surface area contributed by atoms with E-state index in [2.05, 4.69) is 10.1 Å². The van der Waals surface area contributed by atoms with E-state index >= 15 is 0 Å². The fourth-order valence-corrected chi connectivity index (χ4v) is 3.05. The molecule has 23 heavy (non-hydrogen) atoms. The summed E-state index contributed by atoms with van der Waals surface area (Å²) in [7, 11) is 0. The summed E-state index contributed by atoms with van der Waals surface area (Å²) < 4.78 is 28.9. The summed E-state index contributed by atoms with van der Waals surface area (Å²) in [6.07, 6.45) is 1.66. The van der Waals surface area contributed by atoms with Gasteiger partial charge in [-0.15, -0.1) is 0 Å². The molecular weight excluding hydrogens is 302 g/mol. The Morgan fingerprint density at radius 3 is 2.78 bits per heavy atom. The summed E-state index contributed by atoms with van der Waals surface area (Å²) in [5, 5.41) is 4.37. The topological polar surface area (TPSA) is 51.0 Å². The smallest absolute Gasteiger partial charge is 0.257 e. The summed E-state index contributed by atoms with van der Waals surface area (Å²) in [5.74, 6) is -0.334. The summed E-state index contributed by atoms with van der Waals surface area (Å²) in [5.41, 5.74) is -0.225. The Balaban J connectivity index is 1.82. The molecule has 0 saturated carbocycles. The lowest BCUT2D eigenvalue weighted by atomic mass is 10.0. The van der Waals surface area contributed by atoms with Gasteiger partial charge < -0.3 is 4.90 Å². The minimum absolute atomic E-state index is 0.00511. The van der Waals surface area contributed by atoms with Gasteiger partial charge in [0.2, 0.25) is 0 Å². The molecule has 1 aromatic carbocycles. The number of likely N-dealkylation sites (tertiary alicyclic amines) is 1. The van der Waals surface area contributed by atoms with Gasteiger partial charge in [0.05, 0.1) is 11.6 Å². The zero-order chi connectivity index (χ0) is 16.6. The molecule has 0 spiro atoms. The first kappa shape index (κ1) is 15.6. The van der Waals surface area contributed by atoms with Crippen LogP contribution < -0.4 is 0 Å². The first-order valence-electron chi connectivity index (χ1n) is 7.60. The number of aryl methyl sites for hydroxylation is 2. The lowest BCUT2D eigenvalue weighted by Gasteiger charge is -2.33. The van der Waals surface area contributed by atoms with Crippen LogP contribution in [-0.2, 0) is 0 Å². The number of amides is 1. The molecule has 1 aliphatic heterocycles. The highest BCUT2D eigenvalue weighted by atomic mass is 19.1. The van der Waals surface area contributed by atoms with Crippen LogP contribution in [0, 0.1) is 25.5 Å². The van der Waals surface area contributed by atoms with Gasteiger partial charge in [-0.1, -0.05) is 0 Å². The average Bonchev–Trinajstić information content (AvgIpc) is 2.88. The Hall–Kier alpha value is -2.31. The third-order valence-electron chi connectivity index (χ3n) is 4.10. The third-order valence-corrected chi connectivity index (χ3v) is 4.10. The van der Waals surface area contributed by atoms with Crippen LogP contribution in [0.5, 0.6) is 0 Å². The molecule has 1 atom stereocenters. The summed E-state index contributed by atoms with van der Waals surface area (Å²) in [6, 6.07) is 2.94. The van der Waals surface area contributed by atoms with E-state index < -0.39 is 17.5 Å². The van der Waals surface area contributed by atoms with Crippen LogP contribution in [0.25, 0.3) is 0 Å². The second kappa shape index (κ2) is 6.06. The van der Waals surface area contributed by atoms with Crippen LogP contribution >= 0.6 is 0 Å². The number of carbonyl (C=O) groups excluding carboxylic acids is 1. The van der Waals surface area contributed by atoms with Crippen molar-refractivity contribution in [2.24, 2.45) is 0 Å². The number of carbonyl (C=O) groups is 1. The number of rotatable bonds is 2. The maximum atomic E-state index is 13.8.